The minimum atomic E-state index is -4.70. The smallest absolute Gasteiger partial charge is 0.406 e. The summed E-state index contributed by atoms with van der Waals surface area (Å²) < 4.78 is 40.0. The number of halogens is 4. The zero-order chi connectivity index (χ0) is 17.0. The molecule has 1 aromatic carbocycles. The number of nitrogens with one attached hydrogen (secondary N) is 1. The molecule has 1 aromatic rings. The summed E-state index contributed by atoms with van der Waals surface area (Å²) in [7, 11) is 2.07. The lowest BCUT2D eigenvalue weighted by molar-refractivity contribution is -0.274. The van der Waals surface area contributed by atoms with Crippen molar-refractivity contribution in [1.82, 2.24) is 4.90 Å². The molecular formula is C15H22F3IN4O. The van der Waals surface area contributed by atoms with Crippen molar-refractivity contribution in [3.8, 4) is 5.75 Å². The van der Waals surface area contributed by atoms with E-state index in [0.717, 1.165) is 0 Å². The monoisotopic (exact) mass is 458 g/mol. The summed E-state index contributed by atoms with van der Waals surface area (Å²) in [6.07, 6.45) is -2.24. The van der Waals surface area contributed by atoms with E-state index >= 15 is 0 Å². The van der Waals surface area contributed by atoms with Gasteiger partial charge in [0.1, 0.15) is 5.75 Å². The highest BCUT2D eigenvalue weighted by Gasteiger charge is 2.31. The van der Waals surface area contributed by atoms with E-state index in [1.54, 1.807) is 0 Å². The predicted molar refractivity (Wildman–Crippen MR) is 98.9 cm³/mol. The molecular weight excluding hydrogens is 436 g/mol. The van der Waals surface area contributed by atoms with Crippen LogP contribution >= 0.6 is 24.0 Å². The van der Waals surface area contributed by atoms with Gasteiger partial charge in [-0.05, 0) is 51.1 Å². The molecule has 0 radical (unpaired) electrons. The topological polar surface area (TPSA) is 62.9 Å². The quantitative estimate of drug-likeness (QED) is 0.390. The Morgan fingerprint density at radius 3 is 2.46 bits per heavy atom. The maximum Gasteiger partial charge on any atom is 0.573 e. The largest absolute Gasteiger partial charge is 0.573 e. The molecule has 0 aliphatic heterocycles. The summed E-state index contributed by atoms with van der Waals surface area (Å²) in [5, 5.41) is 2.84. The summed E-state index contributed by atoms with van der Waals surface area (Å²) >= 11 is 0. The lowest BCUT2D eigenvalue weighted by Gasteiger charge is -2.22. The molecule has 1 saturated carbocycles. The van der Waals surface area contributed by atoms with Crippen LogP contribution in [0.4, 0.5) is 18.9 Å². The maximum atomic E-state index is 12.1. The first-order valence-electron chi connectivity index (χ1n) is 7.39. The highest BCUT2D eigenvalue weighted by molar-refractivity contribution is 14.0. The molecule has 0 bridgehead atoms. The summed E-state index contributed by atoms with van der Waals surface area (Å²) in [5.74, 6) is -0.0521. The first-order valence-corrected chi connectivity index (χ1v) is 7.39. The molecule has 1 aliphatic rings. The van der Waals surface area contributed by atoms with E-state index in [0.29, 0.717) is 18.3 Å². The first-order chi connectivity index (χ1) is 10.7. The number of ether oxygens (including phenoxy) is 1. The second-order valence-electron chi connectivity index (χ2n) is 5.67. The third kappa shape index (κ3) is 7.12. The number of nitrogens with two attached hydrogens (primary N) is 1. The second kappa shape index (κ2) is 8.75. The SMILES string of the molecule is CC(CN=C(N)Nc1ccc(OC(F)(F)F)cc1)N(C)C1CC1.I. The standard InChI is InChI=1S/C15H21F3N4O.HI/c1-10(22(2)12-5-6-12)9-20-14(19)21-11-3-7-13(8-4-11)23-15(16,17)18;/h3-4,7-8,10,12H,5-6,9H2,1-2H3,(H3,19,20,21);1H. The van der Waals surface area contributed by atoms with Gasteiger partial charge >= 0.3 is 6.36 Å². The van der Waals surface area contributed by atoms with Crippen molar-refractivity contribution >= 4 is 35.6 Å². The van der Waals surface area contributed by atoms with Crippen LogP contribution in [0.1, 0.15) is 19.8 Å². The van der Waals surface area contributed by atoms with Crippen molar-refractivity contribution in [3.05, 3.63) is 24.3 Å². The van der Waals surface area contributed by atoms with Crippen molar-refractivity contribution < 1.29 is 17.9 Å². The molecule has 136 valence electrons. The molecule has 1 fully saturated rings. The van der Waals surface area contributed by atoms with Gasteiger partial charge in [-0.25, -0.2) is 0 Å². The first kappa shape index (κ1) is 20.8. The molecule has 1 aliphatic carbocycles. The summed E-state index contributed by atoms with van der Waals surface area (Å²) in [5.41, 5.74) is 6.34. The number of hydrogen-bond acceptors (Lipinski definition) is 3. The van der Waals surface area contributed by atoms with Crippen LogP contribution in [0.3, 0.4) is 0 Å². The van der Waals surface area contributed by atoms with Crippen LogP contribution < -0.4 is 15.8 Å². The van der Waals surface area contributed by atoms with Gasteiger partial charge in [0.25, 0.3) is 0 Å². The Bertz CT molecular complexity index is 547. The van der Waals surface area contributed by atoms with Gasteiger partial charge in [-0.15, -0.1) is 37.1 Å². The predicted octanol–water partition coefficient (Wildman–Crippen LogP) is 3.41. The molecule has 9 heteroatoms. The molecule has 0 spiro atoms. The zero-order valence-electron chi connectivity index (χ0n) is 13.5. The van der Waals surface area contributed by atoms with Gasteiger partial charge in [0, 0.05) is 17.8 Å². The van der Waals surface area contributed by atoms with E-state index in [2.05, 4.69) is 33.9 Å². The highest BCUT2D eigenvalue weighted by Crippen LogP contribution is 2.27. The van der Waals surface area contributed by atoms with E-state index in [1.165, 1.54) is 37.1 Å². The van der Waals surface area contributed by atoms with E-state index in [9.17, 15) is 13.2 Å². The van der Waals surface area contributed by atoms with E-state index in [4.69, 9.17) is 5.73 Å². The van der Waals surface area contributed by atoms with Crippen molar-refractivity contribution in [2.45, 2.75) is 38.2 Å². The number of hydrogen-bond donors (Lipinski definition) is 2. The molecule has 1 unspecified atom stereocenters. The molecule has 2 rings (SSSR count). The van der Waals surface area contributed by atoms with Crippen LogP contribution in [0.5, 0.6) is 5.75 Å². The Hall–Kier alpha value is -1.23. The Morgan fingerprint density at radius 2 is 1.96 bits per heavy atom. The van der Waals surface area contributed by atoms with Gasteiger partial charge in [0.2, 0.25) is 0 Å². The maximum absolute atomic E-state index is 12.1. The van der Waals surface area contributed by atoms with Gasteiger partial charge in [-0.2, -0.15) is 0 Å². The van der Waals surface area contributed by atoms with Gasteiger partial charge < -0.3 is 15.8 Å². The summed E-state index contributed by atoms with van der Waals surface area (Å²) in [6.45, 7) is 2.64. The van der Waals surface area contributed by atoms with Crippen LogP contribution in [0.25, 0.3) is 0 Å². The Balaban J connectivity index is 0.00000288. The van der Waals surface area contributed by atoms with E-state index in [-0.39, 0.29) is 41.7 Å². The van der Waals surface area contributed by atoms with Crippen molar-refractivity contribution in [3.63, 3.8) is 0 Å². The number of benzene rings is 1. The minimum absolute atomic E-state index is 0. The van der Waals surface area contributed by atoms with Gasteiger partial charge in [-0.1, -0.05) is 0 Å². The van der Waals surface area contributed by atoms with Crippen molar-refractivity contribution in [1.29, 1.82) is 0 Å². The molecule has 1 atom stereocenters. The van der Waals surface area contributed by atoms with E-state index in [1.807, 2.05) is 0 Å². The normalized spacial score (nSPS) is 16.5. The fourth-order valence-corrected chi connectivity index (χ4v) is 2.13. The van der Waals surface area contributed by atoms with Gasteiger partial charge in [-0.3, -0.25) is 9.89 Å². The lowest BCUT2D eigenvalue weighted by atomic mass is 10.3. The number of alkyl halides is 3. The van der Waals surface area contributed by atoms with Crippen LogP contribution in [-0.4, -0.2) is 42.9 Å². The molecule has 0 aromatic heterocycles. The Morgan fingerprint density at radius 1 is 1.38 bits per heavy atom. The van der Waals surface area contributed by atoms with E-state index < -0.39 is 6.36 Å². The zero-order valence-corrected chi connectivity index (χ0v) is 15.8. The molecule has 24 heavy (non-hydrogen) atoms. The van der Waals surface area contributed by atoms with Gasteiger partial charge in [0.05, 0.1) is 6.54 Å². The average Bonchev–Trinajstić information content (AvgIpc) is 3.29. The fourth-order valence-electron chi connectivity index (χ4n) is 2.13. The van der Waals surface area contributed by atoms with Crippen molar-refractivity contribution in [2.24, 2.45) is 10.7 Å². The second-order valence-corrected chi connectivity index (χ2v) is 5.67. The third-order valence-electron chi connectivity index (χ3n) is 3.70. The highest BCUT2D eigenvalue weighted by atomic mass is 127. The number of likely N-dealkylation sites (N-methyl/N-ethyl adjacent to an activating group) is 1. The molecule has 5 nitrogen and oxygen atoms in total. The van der Waals surface area contributed by atoms with Crippen LogP contribution in [0.15, 0.2) is 29.3 Å². The fraction of sp³-hybridized carbons (Fsp3) is 0.533. The van der Waals surface area contributed by atoms with Crippen LogP contribution in [0.2, 0.25) is 0 Å². The summed E-state index contributed by atoms with van der Waals surface area (Å²) in [4.78, 5) is 6.54. The minimum Gasteiger partial charge on any atom is -0.406 e. The average molecular weight is 458 g/mol. The number of aliphatic imine (C=N–C) groups is 1. The summed E-state index contributed by atoms with van der Waals surface area (Å²) in [6, 6.07) is 6.26. The number of anilines is 1. The molecule has 0 amide bonds. The Labute approximate surface area is 156 Å². The molecule has 3 N–H and O–H groups in total. The van der Waals surface area contributed by atoms with Crippen LogP contribution in [0, 0.1) is 0 Å². The lowest BCUT2D eigenvalue weighted by Crippen LogP contribution is -2.34. The Kier molecular flexibility index (Phi) is 7.58. The number of nitrogens with zero attached hydrogens (tertiary/aromatic N) is 2. The molecule has 0 heterocycles. The number of rotatable bonds is 6. The van der Waals surface area contributed by atoms with Crippen LogP contribution in [-0.2, 0) is 0 Å². The number of guanidine groups is 1. The van der Waals surface area contributed by atoms with Gasteiger partial charge in [0.15, 0.2) is 5.96 Å². The molecule has 0 saturated heterocycles. The third-order valence-corrected chi connectivity index (χ3v) is 3.70. The van der Waals surface area contributed by atoms with Crippen molar-refractivity contribution in [2.75, 3.05) is 18.9 Å².